The number of hydrogen-bond acceptors (Lipinski definition) is 1. The van der Waals surface area contributed by atoms with Gasteiger partial charge in [-0.2, -0.15) is 0 Å². The molecule has 40 heavy (non-hydrogen) atoms. The van der Waals surface area contributed by atoms with E-state index in [0.29, 0.717) is 0 Å². The lowest BCUT2D eigenvalue weighted by atomic mass is 9.86. The fourth-order valence-corrected chi connectivity index (χ4v) is 7.13. The summed E-state index contributed by atoms with van der Waals surface area (Å²) in [5.41, 5.74) is 12.5. The third-order valence-electron chi connectivity index (χ3n) is 8.78. The Labute approximate surface area is 231 Å². The van der Waals surface area contributed by atoms with E-state index in [0.717, 1.165) is 16.7 Å². The third-order valence-corrected chi connectivity index (χ3v) is 8.78. The molecule has 0 amide bonds. The molecular weight excluding hydrogens is 486 g/mol. The van der Waals surface area contributed by atoms with Crippen molar-refractivity contribution < 1.29 is 0 Å². The molecule has 0 saturated heterocycles. The summed E-state index contributed by atoms with van der Waals surface area (Å²) < 4.78 is 4.57. The maximum absolute atomic E-state index is 4.66. The van der Waals surface area contributed by atoms with E-state index in [9.17, 15) is 0 Å². The Kier molecular flexibility index (Phi) is 4.31. The van der Waals surface area contributed by atoms with Gasteiger partial charge in [-0.1, -0.05) is 84.9 Å². The first-order valence-corrected chi connectivity index (χ1v) is 13.8. The normalized spacial score (nSPS) is 14.4. The van der Waals surface area contributed by atoms with Gasteiger partial charge in [0.2, 0.25) is 0 Å². The number of imidazole rings is 1. The van der Waals surface area contributed by atoms with Crippen LogP contribution in [0.2, 0.25) is 0 Å². The van der Waals surface area contributed by atoms with Crippen molar-refractivity contribution >= 4 is 43.6 Å². The van der Waals surface area contributed by atoms with E-state index < -0.39 is 0 Å². The van der Waals surface area contributed by atoms with Gasteiger partial charge in [0.25, 0.3) is 0 Å². The first-order chi connectivity index (χ1) is 19.8. The second-order valence-corrected chi connectivity index (χ2v) is 10.9. The highest BCUT2D eigenvalue weighted by Crippen LogP contribution is 2.53. The monoisotopic (exact) mass is 511 g/mol. The maximum Gasteiger partial charge on any atom is 0.0956 e. The molecule has 0 bridgehead atoms. The zero-order valence-electron chi connectivity index (χ0n) is 22.0. The van der Waals surface area contributed by atoms with Gasteiger partial charge in [-0.25, -0.2) is 4.98 Å². The standard InChI is InChI=1S/C37H25N3/c1-39-22-38-30-15-9-17-33(37(30)39)40-31-16-8-7-14-27(31)35-32(40)19-18-26-28-20-24-12-5-6-13-25(24)21-29(28)34(36(26)35)23-10-3-2-4-11-23/h2-22,34H,1H3. The van der Waals surface area contributed by atoms with E-state index in [2.05, 4.69) is 142 Å². The van der Waals surface area contributed by atoms with Gasteiger partial charge >= 0.3 is 0 Å². The predicted octanol–water partition coefficient (Wildman–Crippen LogP) is 8.98. The van der Waals surface area contributed by atoms with E-state index in [1.807, 2.05) is 6.33 Å². The smallest absolute Gasteiger partial charge is 0.0956 e. The van der Waals surface area contributed by atoms with Crippen LogP contribution in [0.4, 0.5) is 0 Å². The quantitative estimate of drug-likeness (QED) is 0.227. The number of benzene rings is 6. The highest BCUT2D eigenvalue weighted by molar-refractivity contribution is 6.15. The molecule has 3 nitrogen and oxygen atoms in total. The number of para-hydroxylation sites is 2. The zero-order valence-corrected chi connectivity index (χ0v) is 22.0. The number of rotatable bonds is 2. The lowest BCUT2D eigenvalue weighted by Crippen LogP contribution is -2.01. The van der Waals surface area contributed by atoms with Crippen LogP contribution in [0.1, 0.15) is 22.6 Å². The summed E-state index contributed by atoms with van der Waals surface area (Å²) in [4.78, 5) is 4.66. The Hall–Kier alpha value is -5.15. The van der Waals surface area contributed by atoms with E-state index in [-0.39, 0.29) is 5.92 Å². The minimum atomic E-state index is 0.159. The molecule has 1 aliphatic rings. The highest BCUT2D eigenvalue weighted by Gasteiger charge is 2.34. The lowest BCUT2D eigenvalue weighted by molar-refractivity contribution is 0.941. The van der Waals surface area contributed by atoms with Gasteiger partial charge in [0, 0.05) is 23.7 Å². The van der Waals surface area contributed by atoms with Crippen molar-refractivity contribution in [3.8, 4) is 16.8 Å². The SMILES string of the molecule is Cn1cnc2cccc(-n3c4ccccc4c4c5c(ccc43)-c3cc4ccccc4cc3C5c3ccccc3)c21. The summed E-state index contributed by atoms with van der Waals surface area (Å²) in [5, 5.41) is 5.19. The Balaban J connectivity index is 1.45. The van der Waals surface area contributed by atoms with Crippen LogP contribution in [0.3, 0.4) is 0 Å². The Morgan fingerprint density at radius 2 is 1.43 bits per heavy atom. The molecule has 8 aromatic rings. The molecule has 0 N–H and O–H groups in total. The molecule has 2 aromatic heterocycles. The van der Waals surface area contributed by atoms with Gasteiger partial charge in [0.05, 0.1) is 34.1 Å². The van der Waals surface area contributed by atoms with Gasteiger partial charge in [-0.3, -0.25) is 0 Å². The van der Waals surface area contributed by atoms with E-state index in [1.54, 1.807) is 0 Å². The van der Waals surface area contributed by atoms with Gasteiger partial charge in [0.15, 0.2) is 0 Å². The highest BCUT2D eigenvalue weighted by atomic mass is 15.1. The number of aryl methyl sites for hydroxylation is 1. The molecule has 1 atom stereocenters. The number of aromatic nitrogens is 3. The summed E-state index contributed by atoms with van der Waals surface area (Å²) in [5.74, 6) is 0.159. The van der Waals surface area contributed by atoms with Crippen molar-refractivity contribution in [2.45, 2.75) is 5.92 Å². The maximum atomic E-state index is 4.66. The van der Waals surface area contributed by atoms with Gasteiger partial charge in [-0.05, 0) is 75.0 Å². The van der Waals surface area contributed by atoms with Crippen LogP contribution in [-0.4, -0.2) is 14.1 Å². The Bertz CT molecular complexity index is 2280. The number of nitrogens with zero attached hydrogens (tertiary/aromatic N) is 3. The summed E-state index contributed by atoms with van der Waals surface area (Å²) in [6.07, 6.45) is 1.91. The minimum absolute atomic E-state index is 0.159. The lowest BCUT2D eigenvalue weighted by Gasteiger charge is -2.16. The van der Waals surface area contributed by atoms with Crippen LogP contribution in [0.5, 0.6) is 0 Å². The van der Waals surface area contributed by atoms with Crippen molar-refractivity contribution in [1.29, 1.82) is 0 Å². The van der Waals surface area contributed by atoms with Crippen molar-refractivity contribution in [3.05, 3.63) is 144 Å². The molecule has 6 aromatic carbocycles. The largest absolute Gasteiger partial charge is 0.332 e. The van der Waals surface area contributed by atoms with Gasteiger partial charge in [-0.15, -0.1) is 0 Å². The van der Waals surface area contributed by atoms with E-state index >= 15 is 0 Å². The second-order valence-electron chi connectivity index (χ2n) is 10.9. The number of fused-ring (bicyclic) bond motifs is 9. The molecule has 3 heteroatoms. The predicted molar refractivity (Wildman–Crippen MR) is 165 cm³/mol. The van der Waals surface area contributed by atoms with E-state index in [1.165, 1.54) is 60.4 Å². The first-order valence-electron chi connectivity index (χ1n) is 13.8. The van der Waals surface area contributed by atoms with Crippen molar-refractivity contribution in [2.24, 2.45) is 7.05 Å². The molecular formula is C37H25N3. The molecule has 0 fully saturated rings. The van der Waals surface area contributed by atoms with Crippen molar-refractivity contribution in [3.63, 3.8) is 0 Å². The van der Waals surface area contributed by atoms with E-state index in [4.69, 9.17) is 0 Å². The second kappa shape index (κ2) is 7.93. The molecule has 188 valence electrons. The molecule has 0 saturated carbocycles. The van der Waals surface area contributed by atoms with Gasteiger partial charge < -0.3 is 9.13 Å². The molecule has 9 rings (SSSR count). The number of hydrogen-bond donors (Lipinski definition) is 0. The summed E-state index contributed by atoms with van der Waals surface area (Å²) in [7, 11) is 2.08. The minimum Gasteiger partial charge on any atom is -0.332 e. The van der Waals surface area contributed by atoms with Crippen molar-refractivity contribution in [2.75, 3.05) is 0 Å². The average Bonchev–Trinajstić information content (AvgIpc) is 3.65. The van der Waals surface area contributed by atoms with Crippen LogP contribution in [0, 0.1) is 0 Å². The first kappa shape index (κ1) is 21.7. The van der Waals surface area contributed by atoms with Crippen LogP contribution in [0.15, 0.2) is 128 Å². The molecule has 0 spiro atoms. The summed E-state index contributed by atoms with van der Waals surface area (Å²) in [6.45, 7) is 0. The Morgan fingerprint density at radius 3 is 2.30 bits per heavy atom. The molecule has 0 aliphatic heterocycles. The summed E-state index contributed by atoms with van der Waals surface area (Å²) >= 11 is 0. The topological polar surface area (TPSA) is 22.8 Å². The van der Waals surface area contributed by atoms with Crippen molar-refractivity contribution in [1.82, 2.24) is 14.1 Å². The average molecular weight is 512 g/mol. The molecule has 1 unspecified atom stereocenters. The zero-order chi connectivity index (χ0) is 26.4. The molecule has 1 aliphatic carbocycles. The summed E-state index contributed by atoms with van der Waals surface area (Å²) in [6, 6.07) is 44.5. The third kappa shape index (κ3) is 2.81. The molecule has 0 radical (unpaired) electrons. The van der Waals surface area contributed by atoms with Crippen LogP contribution in [0.25, 0.3) is 60.4 Å². The van der Waals surface area contributed by atoms with Crippen LogP contribution < -0.4 is 0 Å². The Morgan fingerprint density at radius 1 is 0.650 bits per heavy atom. The fraction of sp³-hybridized carbons (Fsp3) is 0.0541. The van der Waals surface area contributed by atoms with Crippen LogP contribution in [-0.2, 0) is 7.05 Å². The van der Waals surface area contributed by atoms with Gasteiger partial charge in [0.1, 0.15) is 0 Å². The molecule has 2 heterocycles. The fourth-order valence-electron chi connectivity index (χ4n) is 7.13. The van der Waals surface area contributed by atoms with Crippen LogP contribution >= 0.6 is 0 Å².